The van der Waals surface area contributed by atoms with E-state index in [0.29, 0.717) is 4.83 Å². The van der Waals surface area contributed by atoms with E-state index < -0.39 is 6.36 Å². The Kier molecular flexibility index (Phi) is 5.35. The standard InChI is InChI=1S/C15H18BrF3O/c16-14(12-3-1-2-4-12)10-7-11-5-8-13(9-6-11)20-15(17,18)19/h5-6,8-9,12,14H,1-4,7,10H2. The van der Waals surface area contributed by atoms with E-state index >= 15 is 0 Å². The number of benzene rings is 1. The lowest BCUT2D eigenvalue weighted by atomic mass is 9.98. The maximum Gasteiger partial charge on any atom is 0.573 e. The van der Waals surface area contributed by atoms with Crippen molar-refractivity contribution in [1.82, 2.24) is 0 Å². The van der Waals surface area contributed by atoms with Gasteiger partial charge < -0.3 is 4.74 Å². The van der Waals surface area contributed by atoms with Crippen molar-refractivity contribution in [1.29, 1.82) is 0 Å². The Morgan fingerprint density at radius 2 is 1.75 bits per heavy atom. The van der Waals surface area contributed by atoms with Crippen LogP contribution in [0.2, 0.25) is 0 Å². The quantitative estimate of drug-likeness (QED) is 0.639. The number of alkyl halides is 4. The molecule has 2 rings (SSSR count). The SMILES string of the molecule is FC(F)(F)Oc1ccc(CCC(Br)C2CCCC2)cc1. The molecule has 1 atom stereocenters. The minimum Gasteiger partial charge on any atom is -0.406 e. The average molecular weight is 351 g/mol. The molecule has 112 valence electrons. The summed E-state index contributed by atoms with van der Waals surface area (Å²) in [5, 5.41) is 0. The van der Waals surface area contributed by atoms with Crippen LogP contribution in [0.1, 0.15) is 37.7 Å². The molecule has 0 bridgehead atoms. The van der Waals surface area contributed by atoms with Gasteiger partial charge in [0, 0.05) is 4.83 Å². The van der Waals surface area contributed by atoms with E-state index in [1.807, 2.05) is 0 Å². The van der Waals surface area contributed by atoms with Gasteiger partial charge in [0.25, 0.3) is 0 Å². The molecule has 1 saturated carbocycles. The second kappa shape index (κ2) is 6.83. The fraction of sp³-hybridized carbons (Fsp3) is 0.600. The van der Waals surface area contributed by atoms with Gasteiger partial charge in [0.05, 0.1) is 0 Å². The Bertz CT molecular complexity index is 410. The first-order valence-corrected chi connectivity index (χ1v) is 7.84. The number of ether oxygens (including phenoxy) is 1. The summed E-state index contributed by atoms with van der Waals surface area (Å²) in [7, 11) is 0. The lowest BCUT2D eigenvalue weighted by Crippen LogP contribution is -2.17. The van der Waals surface area contributed by atoms with Crippen molar-refractivity contribution in [3.63, 3.8) is 0 Å². The van der Waals surface area contributed by atoms with Crippen LogP contribution in [0, 0.1) is 5.92 Å². The normalized spacial score (nSPS) is 18.2. The first kappa shape index (κ1) is 15.7. The molecule has 0 saturated heterocycles. The van der Waals surface area contributed by atoms with Crippen LogP contribution in [0.5, 0.6) is 5.75 Å². The zero-order valence-corrected chi connectivity index (χ0v) is 12.7. The molecule has 5 heteroatoms. The molecule has 0 radical (unpaired) electrons. The van der Waals surface area contributed by atoms with Gasteiger partial charge in [-0.1, -0.05) is 40.9 Å². The maximum atomic E-state index is 12.0. The van der Waals surface area contributed by atoms with Gasteiger partial charge in [0.2, 0.25) is 0 Å². The van der Waals surface area contributed by atoms with Crippen molar-refractivity contribution in [3.8, 4) is 5.75 Å². The molecule has 0 amide bonds. The molecule has 1 aliphatic carbocycles. The minimum atomic E-state index is -4.62. The summed E-state index contributed by atoms with van der Waals surface area (Å²) < 4.78 is 40.0. The van der Waals surface area contributed by atoms with Gasteiger partial charge in [-0.15, -0.1) is 13.2 Å². The Morgan fingerprint density at radius 1 is 1.15 bits per heavy atom. The van der Waals surface area contributed by atoms with Crippen LogP contribution in [-0.4, -0.2) is 11.2 Å². The maximum absolute atomic E-state index is 12.0. The zero-order valence-electron chi connectivity index (χ0n) is 11.1. The third-order valence-electron chi connectivity index (χ3n) is 3.78. The summed E-state index contributed by atoms with van der Waals surface area (Å²) in [4.78, 5) is 0.510. The summed E-state index contributed by atoms with van der Waals surface area (Å²) in [6.07, 6.45) is 2.48. The summed E-state index contributed by atoms with van der Waals surface area (Å²) in [6.45, 7) is 0. The summed E-state index contributed by atoms with van der Waals surface area (Å²) in [5.41, 5.74) is 1.04. The first-order valence-electron chi connectivity index (χ1n) is 6.93. The molecular formula is C15H18BrF3O. The predicted octanol–water partition coefficient (Wildman–Crippen LogP) is 5.47. The van der Waals surface area contributed by atoms with Gasteiger partial charge in [-0.3, -0.25) is 0 Å². The number of hydrogen-bond donors (Lipinski definition) is 0. The largest absolute Gasteiger partial charge is 0.573 e. The lowest BCUT2D eigenvalue weighted by molar-refractivity contribution is -0.274. The first-order chi connectivity index (χ1) is 9.44. The molecule has 20 heavy (non-hydrogen) atoms. The van der Waals surface area contributed by atoms with Gasteiger partial charge in [-0.2, -0.15) is 0 Å². The fourth-order valence-corrected chi connectivity index (χ4v) is 3.47. The highest BCUT2D eigenvalue weighted by Gasteiger charge is 2.31. The summed E-state index contributed by atoms with van der Waals surface area (Å²) in [6, 6.07) is 6.16. The number of rotatable bonds is 5. The Balaban J connectivity index is 1.81. The van der Waals surface area contributed by atoms with E-state index in [2.05, 4.69) is 20.7 Å². The highest BCUT2D eigenvalue weighted by atomic mass is 79.9. The number of aryl methyl sites for hydroxylation is 1. The van der Waals surface area contributed by atoms with Crippen molar-refractivity contribution in [2.75, 3.05) is 0 Å². The second-order valence-electron chi connectivity index (χ2n) is 5.29. The lowest BCUT2D eigenvalue weighted by Gasteiger charge is -2.17. The molecule has 0 aliphatic heterocycles. The topological polar surface area (TPSA) is 9.23 Å². The Morgan fingerprint density at radius 3 is 2.30 bits per heavy atom. The number of halogens is 4. The third-order valence-corrected chi connectivity index (χ3v) is 4.98. The monoisotopic (exact) mass is 350 g/mol. The Hall–Kier alpha value is -0.710. The van der Waals surface area contributed by atoms with Crippen molar-refractivity contribution in [2.45, 2.75) is 49.7 Å². The minimum absolute atomic E-state index is 0.160. The zero-order chi connectivity index (χ0) is 14.6. The van der Waals surface area contributed by atoms with Gasteiger partial charge in [0.1, 0.15) is 5.75 Å². The molecule has 1 aliphatic rings. The highest BCUT2D eigenvalue weighted by Crippen LogP contribution is 2.33. The third kappa shape index (κ3) is 5.00. The average Bonchev–Trinajstić information content (AvgIpc) is 2.89. The van der Waals surface area contributed by atoms with Crippen LogP contribution in [0.3, 0.4) is 0 Å². The van der Waals surface area contributed by atoms with E-state index in [4.69, 9.17) is 0 Å². The molecule has 0 N–H and O–H groups in total. The van der Waals surface area contributed by atoms with Crippen LogP contribution >= 0.6 is 15.9 Å². The van der Waals surface area contributed by atoms with E-state index in [1.54, 1.807) is 12.1 Å². The molecule has 0 heterocycles. The highest BCUT2D eigenvalue weighted by molar-refractivity contribution is 9.09. The summed E-state index contributed by atoms with van der Waals surface area (Å²) >= 11 is 3.74. The molecule has 0 spiro atoms. The van der Waals surface area contributed by atoms with Crippen LogP contribution < -0.4 is 4.74 Å². The van der Waals surface area contributed by atoms with Gasteiger partial charge in [0.15, 0.2) is 0 Å². The molecule has 1 fully saturated rings. The van der Waals surface area contributed by atoms with Crippen molar-refractivity contribution < 1.29 is 17.9 Å². The van der Waals surface area contributed by atoms with Crippen molar-refractivity contribution in [3.05, 3.63) is 29.8 Å². The van der Waals surface area contributed by atoms with Crippen molar-refractivity contribution in [2.24, 2.45) is 5.92 Å². The van der Waals surface area contributed by atoms with Crippen LogP contribution in [0.4, 0.5) is 13.2 Å². The van der Waals surface area contributed by atoms with E-state index in [9.17, 15) is 13.2 Å². The van der Waals surface area contributed by atoms with Gasteiger partial charge in [-0.05, 0) is 49.3 Å². The second-order valence-corrected chi connectivity index (χ2v) is 6.47. The van der Waals surface area contributed by atoms with Crippen molar-refractivity contribution >= 4 is 15.9 Å². The molecule has 1 aromatic carbocycles. The molecule has 1 unspecified atom stereocenters. The fourth-order valence-electron chi connectivity index (χ4n) is 2.72. The summed E-state index contributed by atoms with van der Waals surface area (Å²) in [5.74, 6) is 0.593. The molecular weight excluding hydrogens is 333 g/mol. The van der Waals surface area contributed by atoms with Gasteiger partial charge in [-0.25, -0.2) is 0 Å². The molecule has 1 aromatic rings. The molecule has 0 aromatic heterocycles. The van der Waals surface area contributed by atoms with Crippen LogP contribution in [-0.2, 0) is 6.42 Å². The smallest absolute Gasteiger partial charge is 0.406 e. The van der Waals surface area contributed by atoms with Crippen LogP contribution in [0.15, 0.2) is 24.3 Å². The Labute approximate surface area is 125 Å². The predicted molar refractivity (Wildman–Crippen MR) is 76.1 cm³/mol. The van der Waals surface area contributed by atoms with Gasteiger partial charge >= 0.3 is 6.36 Å². The van der Waals surface area contributed by atoms with Crippen LogP contribution in [0.25, 0.3) is 0 Å². The van der Waals surface area contributed by atoms with E-state index in [0.717, 1.165) is 24.3 Å². The molecule has 1 nitrogen and oxygen atoms in total. The number of hydrogen-bond acceptors (Lipinski definition) is 1. The van der Waals surface area contributed by atoms with E-state index in [-0.39, 0.29) is 5.75 Å². The van der Waals surface area contributed by atoms with E-state index in [1.165, 1.54) is 37.8 Å².